The first kappa shape index (κ1) is 23.0. The van der Waals surface area contributed by atoms with Crippen LogP contribution < -0.4 is 0 Å². The summed E-state index contributed by atoms with van der Waals surface area (Å²) < 4.78 is 19.8. The quantitative estimate of drug-likeness (QED) is 0.618. The Morgan fingerprint density at radius 2 is 1.76 bits per heavy atom. The van der Waals surface area contributed by atoms with Crippen LogP contribution in [0.15, 0.2) is 48.5 Å². The number of rotatable bonds is 6. The fourth-order valence-electron chi connectivity index (χ4n) is 6.13. The maximum absolute atomic E-state index is 13.6. The van der Waals surface area contributed by atoms with Gasteiger partial charge in [0.1, 0.15) is 11.6 Å². The molecule has 5 rings (SSSR count). The highest BCUT2D eigenvalue weighted by atomic mass is 35.5. The van der Waals surface area contributed by atoms with Crippen LogP contribution in [0.2, 0.25) is 5.02 Å². The number of Topliss-reactive ketones (excluding diaryl/α,β-unsaturated/α-hetero) is 1. The van der Waals surface area contributed by atoms with Gasteiger partial charge in [-0.1, -0.05) is 48.0 Å². The molecule has 1 unspecified atom stereocenters. The molecule has 3 saturated heterocycles. The Morgan fingerprint density at radius 3 is 2.52 bits per heavy atom. The summed E-state index contributed by atoms with van der Waals surface area (Å²) in [6, 6.07) is 15.7. The Hall–Kier alpha value is -1.79. The maximum Gasteiger partial charge on any atom is 0.141 e. The van der Waals surface area contributed by atoms with Crippen molar-refractivity contribution in [3.63, 3.8) is 0 Å². The summed E-state index contributed by atoms with van der Waals surface area (Å²) in [7, 11) is 0. The number of halogens is 2. The van der Waals surface area contributed by atoms with Crippen molar-refractivity contribution in [3.05, 3.63) is 70.5 Å². The van der Waals surface area contributed by atoms with Gasteiger partial charge in [0.15, 0.2) is 0 Å². The number of fused-ring (bicyclic) bond motifs is 1. The van der Waals surface area contributed by atoms with E-state index in [0.29, 0.717) is 19.6 Å². The number of hydrogen-bond donors (Lipinski definition) is 0. The molecule has 2 aromatic carbocycles. The number of ether oxygens (including phenoxy) is 1. The molecule has 0 radical (unpaired) electrons. The van der Waals surface area contributed by atoms with Crippen molar-refractivity contribution in [2.24, 2.45) is 11.8 Å². The molecule has 3 heterocycles. The minimum atomic E-state index is -0.444. The molecule has 4 nitrogen and oxygen atoms in total. The molecule has 0 aromatic heterocycles. The molecule has 0 aliphatic carbocycles. The van der Waals surface area contributed by atoms with Gasteiger partial charge in [0, 0.05) is 36.9 Å². The molecule has 0 bridgehead atoms. The minimum absolute atomic E-state index is 0.0136. The molecule has 3 aliphatic heterocycles. The largest absolute Gasteiger partial charge is 0.378 e. The molecule has 4 atom stereocenters. The smallest absolute Gasteiger partial charge is 0.141 e. The highest BCUT2D eigenvalue weighted by molar-refractivity contribution is 6.30. The van der Waals surface area contributed by atoms with Crippen LogP contribution >= 0.6 is 11.6 Å². The zero-order chi connectivity index (χ0) is 22.8. The lowest BCUT2D eigenvalue weighted by molar-refractivity contribution is -0.141. The van der Waals surface area contributed by atoms with Gasteiger partial charge in [-0.05, 0) is 62.2 Å². The summed E-state index contributed by atoms with van der Waals surface area (Å²) in [6.45, 7) is 5.31. The molecule has 0 saturated carbocycles. The van der Waals surface area contributed by atoms with Crippen molar-refractivity contribution >= 4 is 17.4 Å². The Balaban J connectivity index is 1.39. The lowest BCUT2D eigenvalue weighted by Gasteiger charge is -2.52. The predicted octanol–water partition coefficient (Wildman–Crippen LogP) is 4.59. The van der Waals surface area contributed by atoms with Crippen LogP contribution in [-0.4, -0.2) is 60.5 Å². The lowest BCUT2D eigenvalue weighted by atomic mass is 9.71. The summed E-state index contributed by atoms with van der Waals surface area (Å²) in [4.78, 5) is 18.7. The van der Waals surface area contributed by atoms with Crippen LogP contribution in [0.5, 0.6) is 0 Å². The van der Waals surface area contributed by atoms with E-state index in [9.17, 15) is 9.18 Å². The van der Waals surface area contributed by atoms with E-state index in [2.05, 4.69) is 34.1 Å². The van der Waals surface area contributed by atoms with Crippen molar-refractivity contribution in [1.29, 1.82) is 0 Å². The molecule has 0 spiro atoms. The van der Waals surface area contributed by atoms with Crippen LogP contribution in [0.25, 0.3) is 0 Å². The topological polar surface area (TPSA) is 32.8 Å². The Morgan fingerprint density at radius 1 is 1.00 bits per heavy atom. The number of nitrogens with zero attached hydrogens (tertiary/aromatic N) is 2. The molecule has 3 fully saturated rings. The normalized spacial score (nSPS) is 28.5. The number of benzene rings is 2. The number of carbonyl (C=O) groups is 1. The van der Waals surface area contributed by atoms with E-state index in [4.69, 9.17) is 16.3 Å². The summed E-state index contributed by atoms with van der Waals surface area (Å²) in [5, 5.41) is 0.0804. The number of ketones is 1. The fourth-order valence-corrected chi connectivity index (χ4v) is 6.33. The number of likely N-dealkylation sites (tertiary alicyclic amines) is 2. The molecule has 176 valence electrons. The average Bonchev–Trinajstić information content (AvgIpc) is 3.37. The van der Waals surface area contributed by atoms with Gasteiger partial charge in [0.25, 0.3) is 0 Å². The monoisotopic (exact) mass is 470 g/mol. The highest BCUT2D eigenvalue weighted by Crippen LogP contribution is 2.39. The molecule has 0 N–H and O–H groups in total. The van der Waals surface area contributed by atoms with Gasteiger partial charge >= 0.3 is 0 Å². The van der Waals surface area contributed by atoms with E-state index >= 15 is 0 Å². The van der Waals surface area contributed by atoms with Crippen molar-refractivity contribution < 1.29 is 13.9 Å². The second-order valence-corrected chi connectivity index (χ2v) is 10.1. The van der Waals surface area contributed by atoms with Crippen LogP contribution in [0.4, 0.5) is 4.39 Å². The summed E-state index contributed by atoms with van der Waals surface area (Å²) in [6.07, 6.45) is 3.59. The third kappa shape index (κ3) is 5.02. The Kier molecular flexibility index (Phi) is 7.12. The van der Waals surface area contributed by atoms with Crippen molar-refractivity contribution in [3.8, 4) is 0 Å². The van der Waals surface area contributed by atoms with Gasteiger partial charge in [-0.2, -0.15) is 0 Å². The van der Waals surface area contributed by atoms with E-state index < -0.39 is 5.82 Å². The van der Waals surface area contributed by atoms with Gasteiger partial charge < -0.3 is 4.74 Å². The van der Waals surface area contributed by atoms with Gasteiger partial charge in [-0.25, -0.2) is 4.39 Å². The molecule has 33 heavy (non-hydrogen) atoms. The number of hydrogen-bond acceptors (Lipinski definition) is 4. The molecular formula is C27H32ClFN2O2. The van der Waals surface area contributed by atoms with E-state index in [0.717, 1.165) is 38.2 Å². The zero-order valence-corrected chi connectivity index (χ0v) is 19.7. The van der Waals surface area contributed by atoms with Gasteiger partial charge in [0.05, 0.1) is 18.2 Å². The van der Waals surface area contributed by atoms with Crippen LogP contribution in [-0.2, 0) is 22.5 Å². The van der Waals surface area contributed by atoms with Crippen molar-refractivity contribution in [1.82, 2.24) is 9.80 Å². The van der Waals surface area contributed by atoms with E-state index in [1.54, 1.807) is 12.1 Å². The minimum Gasteiger partial charge on any atom is -0.378 e. The summed E-state index contributed by atoms with van der Waals surface area (Å²) in [5.74, 6) is 0.0388. The van der Waals surface area contributed by atoms with Crippen molar-refractivity contribution in [2.45, 2.75) is 44.3 Å². The number of carbonyl (C=O) groups excluding carboxylic acids is 1. The van der Waals surface area contributed by atoms with E-state index in [1.807, 2.05) is 6.07 Å². The third-order valence-electron chi connectivity index (χ3n) is 7.74. The van der Waals surface area contributed by atoms with Crippen molar-refractivity contribution in [2.75, 3.05) is 32.8 Å². The second kappa shape index (κ2) is 10.2. The highest BCUT2D eigenvalue weighted by Gasteiger charge is 2.49. The van der Waals surface area contributed by atoms with Crippen LogP contribution in [0.1, 0.15) is 30.4 Å². The first-order valence-corrected chi connectivity index (χ1v) is 12.5. The lowest BCUT2D eigenvalue weighted by Crippen LogP contribution is -2.63. The molecular weight excluding hydrogens is 439 g/mol. The van der Waals surface area contributed by atoms with E-state index in [-0.39, 0.29) is 34.7 Å². The fraction of sp³-hybridized carbons (Fsp3) is 0.519. The van der Waals surface area contributed by atoms with Gasteiger partial charge in [0.2, 0.25) is 0 Å². The van der Waals surface area contributed by atoms with Gasteiger partial charge in [-0.3, -0.25) is 14.6 Å². The average molecular weight is 471 g/mol. The molecule has 6 heteroatoms. The molecule has 0 amide bonds. The SMILES string of the molecule is O=C(Cc1ccc(F)c(Cl)c1)C1CCN(Cc2ccccc2)[C@@H]2COC[C@H](N3CCCC3)[C@@H]12. The first-order chi connectivity index (χ1) is 16.1. The Labute approximate surface area is 200 Å². The third-order valence-corrected chi connectivity index (χ3v) is 8.03. The van der Waals surface area contributed by atoms with Gasteiger partial charge in [-0.15, -0.1) is 0 Å². The van der Waals surface area contributed by atoms with Crippen LogP contribution in [0, 0.1) is 17.7 Å². The Bertz CT molecular complexity index is 966. The van der Waals surface area contributed by atoms with Crippen LogP contribution in [0.3, 0.4) is 0 Å². The summed E-state index contributed by atoms with van der Waals surface area (Å²) >= 11 is 5.98. The maximum atomic E-state index is 13.6. The van der Waals surface area contributed by atoms with E-state index in [1.165, 1.54) is 24.5 Å². The molecule has 3 aliphatic rings. The standard InChI is InChI=1S/C27H32ClFN2O2/c28-22-14-20(8-9-23(22)29)15-26(32)21-10-13-31(16-19-6-2-1-3-7-19)25-18-33-17-24(27(21)25)30-11-4-5-12-30/h1-3,6-9,14,21,24-25,27H,4-5,10-13,15-18H2/t21?,24-,25+,27+/m0/s1. The predicted molar refractivity (Wildman–Crippen MR) is 128 cm³/mol. The summed E-state index contributed by atoms with van der Waals surface area (Å²) in [5.41, 5.74) is 2.09. The number of piperidine rings is 1. The zero-order valence-electron chi connectivity index (χ0n) is 19.0. The second-order valence-electron chi connectivity index (χ2n) is 9.74. The first-order valence-electron chi connectivity index (χ1n) is 12.2. The molecule has 2 aromatic rings.